The number of hydrogen-bond donors (Lipinski definition) is 0. The number of aromatic nitrogens is 1. The quantitative estimate of drug-likeness (QED) is 0.692. The maximum absolute atomic E-state index is 10.6. The molecule has 0 unspecified atom stereocenters. The van der Waals surface area contributed by atoms with Gasteiger partial charge in [-0.1, -0.05) is 5.16 Å². The Labute approximate surface area is 85.7 Å². The summed E-state index contributed by atoms with van der Waals surface area (Å²) < 4.78 is 4.95. The highest BCUT2D eigenvalue weighted by atomic mass is 16.5. The number of carbonyl (C=O) groups is 1. The number of aldehydes is 1. The summed E-state index contributed by atoms with van der Waals surface area (Å²) in [5, 5.41) is 12.2. The molecule has 0 aliphatic carbocycles. The summed E-state index contributed by atoms with van der Waals surface area (Å²) in [5.41, 5.74) is 1.69. The van der Waals surface area contributed by atoms with Crippen molar-refractivity contribution in [3.63, 3.8) is 0 Å². The first-order valence-corrected chi connectivity index (χ1v) is 4.25. The highest BCUT2D eigenvalue weighted by molar-refractivity contribution is 5.84. The number of nitrogens with zero attached hydrogens (tertiary/aromatic N) is 2. The Balaban J connectivity index is 2.46. The summed E-state index contributed by atoms with van der Waals surface area (Å²) in [7, 11) is 0. The van der Waals surface area contributed by atoms with Crippen LogP contribution < -0.4 is 0 Å². The monoisotopic (exact) mass is 198 g/mol. The first kappa shape index (κ1) is 9.16. The number of nitriles is 1. The molecule has 4 heteroatoms. The van der Waals surface area contributed by atoms with E-state index in [2.05, 4.69) is 5.16 Å². The smallest absolute Gasteiger partial charge is 0.177 e. The van der Waals surface area contributed by atoms with Crippen LogP contribution in [0.5, 0.6) is 0 Å². The van der Waals surface area contributed by atoms with Crippen LogP contribution in [0.3, 0.4) is 0 Å². The molecule has 0 aliphatic heterocycles. The molecule has 1 aromatic heterocycles. The normalized spacial score (nSPS) is 9.53. The molecule has 0 aliphatic rings. The second-order valence-electron chi connectivity index (χ2n) is 2.92. The SMILES string of the molecule is N#Cc1ccc(-c2oncc2C=O)cc1. The molecule has 1 aromatic carbocycles. The summed E-state index contributed by atoms with van der Waals surface area (Å²) in [6, 6.07) is 8.76. The van der Waals surface area contributed by atoms with Gasteiger partial charge in [0.15, 0.2) is 12.0 Å². The van der Waals surface area contributed by atoms with Crippen LogP contribution in [0.15, 0.2) is 35.0 Å². The third-order valence-corrected chi connectivity index (χ3v) is 2.00. The summed E-state index contributed by atoms with van der Waals surface area (Å²) >= 11 is 0. The fraction of sp³-hybridized carbons (Fsp3) is 0. The van der Waals surface area contributed by atoms with Gasteiger partial charge in [0.25, 0.3) is 0 Å². The molecule has 2 aromatic rings. The maximum Gasteiger partial charge on any atom is 0.177 e. The molecule has 0 N–H and O–H groups in total. The Morgan fingerprint density at radius 1 is 1.33 bits per heavy atom. The van der Waals surface area contributed by atoms with Gasteiger partial charge in [-0.3, -0.25) is 4.79 Å². The molecule has 4 nitrogen and oxygen atoms in total. The molecule has 0 radical (unpaired) electrons. The van der Waals surface area contributed by atoms with E-state index >= 15 is 0 Å². The molecule has 2 rings (SSSR count). The van der Waals surface area contributed by atoms with Gasteiger partial charge in [0, 0.05) is 5.56 Å². The molecule has 1 heterocycles. The average Bonchev–Trinajstić information content (AvgIpc) is 2.77. The van der Waals surface area contributed by atoms with E-state index in [9.17, 15) is 4.79 Å². The van der Waals surface area contributed by atoms with Crippen molar-refractivity contribution in [2.75, 3.05) is 0 Å². The van der Waals surface area contributed by atoms with E-state index in [-0.39, 0.29) is 0 Å². The highest BCUT2D eigenvalue weighted by Crippen LogP contribution is 2.22. The molecule has 0 fully saturated rings. The molecule has 0 atom stereocenters. The van der Waals surface area contributed by atoms with E-state index in [4.69, 9.17) is 9.78 Å². The van der Waals surface area contributed by atoms with Crippen LogP contribution in [0.2, 0.25) is 0 Å². The first-order chi connectivity index (χ1) is 7.35. The van der Waals surface area contributed by atoms with E-state index in [0.29, 0.717) is 23.2 Å². The van der Waals surface area contributed by atoms with Gasteiger partial charge >= 0.3 is 0 Å². The highest BCUT2D eigenvalue weighted by Gasteiger charge is 2.09. The minimum absolute atomic E-state index is 0.403. The maximum atomic E-state index is 10.6. The van der Waals surface area contributed by atoms with Crippen molar-refractivity contribution in [3.8, 4) is 17.4 Å². The van der Waals surface area contributed by atoms with Crippen LogP contribution >= 0.6 is 0 Å². The van der Waals surface area contributed by atoms with E-state index in [0.717, 1.165) is 5.56 Å². The predicted octanol–water partition coefficient (Wildman–Crippen LogP) is 2.03. The second-order valence-corrected chi connectivity index (χ2v) is 2.92. The van der Waals surface area contributed by atoms with Crippen molar-refractivity contribution >= 4 is 6.29 Å². The Morgan fingerprint density at radius 2 is 2.07 bits per heavy atom. The van der Waals surface area contributed by atoms with Crippen molar-refractivity contribution in [2.45, 2.75) is 0 Å². The zero-order chi connectivity index (χ0) is 10.7. The number of rotatable bonds is 2. The topological polar surface area (TPSA) is 66.9 Å². The van der Waals surface area contributed by atoms with Crippen molar-refractivity contribution in [3.05, 3.63) is 41.6 Å². The number of benzene rings is 1. The van der Waals surface area contributed by atoms with Crippen LogP contribution in [0, 0.1) is 11.3 Å². The van der Waals surface area contributed by atoms with E-state index in [1.165, 1.54) is 6.20 Å². The van der Waals surface area contributed by atoms with E-state index < -0.39 is 0 Å². The molecule has 0 bridgehead atoms. The lowest BCUT2D eigenvalue weighted by molar-refractivity contribution is 0.112. The molecule has 15 heavy (non-hydrogen) atoms. The van der Waals surface area contributed by atoms with Gasteiger partial charge < -0.3 is 4.52 Å². The lowest BCUT2D eigenvalue weighted by Gasteiger charge is -1.95. The van der Waals surface area contributed by atoms with Crippen LogP contribution in [0.25, 0.3) is 11.3 Å². The van der Waals surface area contributed by atoms with Crippen molar-refractivity contribution in [2.24, 2.45) is 0 Å². The molecule has 72 valence electrons. The fourth-order valence-corrected chi connectivity index (χ4v) is 1.25. The summed E-state index contributed by atoms with van der Waals surface area (Å²) in [4.78, 5) is 10.6. The minimum Gasteiger partial charge on any atom is -0.356 e. The van der Waals surface area contributed by atoms with Gasteiger partial charge in [-0.15, -0.1) is 0 Å². The average molecular weight is 198 g/mol. The standard InChI is InChI=1S/C11H6N2O2/c12-5-8-1-3-9(4-2-8)11-10(7-14)6-13-15-11/h1-4,6-7H. The Bertz CT molecular complexity index is 520. The van der Waals surface area contributed by atoms with Gasteiger partial charge in [-0.25, -0.2) is 0 Å². The zero-order valence-electron chi connectivity index (χ0n) is 7.68. The Kier molecular flexibility index (Phi) is 2.30. The van der Waals surface area contributed by atoms with Gasteiger partial charge in [-0.05, 0) is 24.3 Å². The molecule has 0 saturated carbocycles. The molecule has 0 spiro atoms. The number of hydrogen-bond acceptors (Lipinski definition) is 4. The van der Waals surface area contributed by atoms with Gasteiger partial charge in [-0.2, -0.15) is 5.26 Å². The molecule has 0 saturated heterocycles. The van der Waals surface area contributed by atoms with E-state index in [1.807, 2.05) is 6.07 Å². The van der Waals surface area contributed by atoms with Crippen LogP contribution in [-0.4, -0.2) is 11.4 Å². The largest absolute Gasteiger partial charge is 0.356 e. The summed E-state index contributed by atoms with van der Waals surface area (Å²) in [6.07, 6.45) is 2.05. The third kappa shape index (κ3) is 1.63. The van der Waals surface area contributed by atoms with Crippen molar-refractivity contribution in [1.82, 2.24) is 5.16 Å². The fourth-order valence-electron chi connectivity index (χ4n) is 1.25. The summed E-state index contributed by atoms with van der Waals surface area (Å²) in [6.45, 7) is 0. The lowest BCUT2D eigenvalue weighted by atomic mass is 10.1. The summed E-state index contributed by atoms with van der Waals surface area (Å²) in [5.74, 6) is 0.425. The van der Waals surface area contributed by atoms with Gasteiger partial charge in [0.1, 0.15) is 0 Å². The van der Waals surface area contributed by atoms with E-state index in [1.54, 1.807) is 24.3 Å². The molecular weight excluding hydrogens is 192 g/mol. The second kappa shape index (κ2) is 3.76. The minimum atomic E-state index is 0.403. The predicted molar refractivity (Wildman–Crippen MR) is 52.0 cm³/mol. The Morgan fingerprint density at radius 3 is 2.67 bits per heavy atom. The van der Waals surface area contributed by atoms with Crippen LogP contribution in [0.1, 0.15) is 15.9 Å². The number of carbonyl (C=O) groups excluding carboxylic acids is 1. The zero-order valence-corrected chi connectivity index (χ0v) is 7.68. The third-order valence-electron chi connectivity index (χ3n) is 2.00. The Hall–Kier alpha value is -2.41. The first-order valence-electron chi connectivity index (χ1n) is 4.25. The van der Waals surface area contributed by atoms with Gasteiger partial charge in [0.2, 0.25) is 0 Å². The molecular formula is C11H6N2O2. The van der Waals surface area contributed by atoms with Crippen molar-refractivity contribution in [1.29, 1.82) is 5.26 Å². The van der Waals surface area contributed by atoms with Crippen molar-refractivity contribution < 1.29 is 9.32 Å². The lowest BCUT2D eigenvalue weighted by Crippen LogP contribution is -1.81. The van der Waals surface area contributed by atoms with Gasteiger partial charge in [0.05, 0.1) is 23.4 Å². The molecule has 0 amide bonds. The van der Waals surface area contributed by atoms with Crippen LogP contribution in [0.4, 0.5) is 0 Å². The van der Waals surface area contributed by atoms with Crippen LogP contribution in [-0.2, 0) is 0 Å².